The van der Waals surface area contributed by atoms with Crippen LogP contribution in [0.5, 0.6) is 0 Å². The molecule has 0 bridgehead atoms. The molecule has 1 aromatic carbocycles. The molecule has 6 heteroatoms. The van der Waals surface area contributed by atoms with Crippen molar-refractivity contribution in [3.05, 3.63) is 30.3 Å². The second-order valence-electron chi connectivity index (χ2n) is 4.89. The summed E-state index contributed by atoms with van der Waals surface area (Å²) in [5.74, 6) is -0.387. The molecule has 1 aliphatic rings. The number of rotatable bonds is 7. The highest BCUT2D eigenvalue weighted by Gasteiger charge is 2.32. The average molecular weight is 294 g/mol. The molecule has 0 radical (unpaired) electrons. The highest BCUT2D eigenvalue weighted by atomic mass is 32.2. The molecule has 0 aliphatic heterocycles. The van der Waals surface area contributed by atoms with E-state index >= 15 is 0 Å². The highest BCUT2D eigenvalue weighted by molar-refractivity contribution is 7.85. The number of benzene rings is 1. The van der Waals surface area contributed by atoms with Crippen molar-refractivity contribution in [1.82, 2.24) is 5.32 Å². The van der Waals surface area contributed by atoms with Gasteiger partial charge in [0, 0.05) is 16.6 Å². The third-order valence-electron chi connectivity index (χ3n) is 3.21. The van der Waals surface area contributed by atoms with E-state index in [2.05, 4.69) is 5.32 Å². The van der Waals surface area contributed by atoms with Crippen LogP contribution in [0, 0.1) is 5.92 Å². The van der Waals surface area contributed by atoms with E-state index in [0.717, 1.165) is 12.8 Å². The predicted octanol–water partition coefficient (Wildman–Crippen LogP) is 0.564. The summed E-state index contributed by atoms with van der Waals surface area (Å²) in [6.45, 7) is 0. The molecule has 1 aliphatic carbocycles. The highest BCUT2D eigenvalue weighted by Crippen LogP contribution is 2.28. The number of nitrogens with one attached hydrogen (secondary N) is 1. The summed E-state index contributed by atoms with van der Waals surface area (Å²) in [4.78, 5) is 23.7. The minimum Gasteiger partial charge on any atom is -0.368 e. The zero-order valence-electron chi connectivity index (χ0n) is 11.1. The van der Waals surface area contributed by atoms with Crippen molar-refractivity contribution >= 4 is 22.6 Å². The number of hydrogen-bond donors (Lipinski definition) is 2. The van der Waals surface area contributed by atoms with Gasteiger partial charge in [-0.05, 0) is 31.4 Å². The van der Waals surface area contributed by atoms with Gasteiger partial charge in [0.05, 0.1) is 10.8 Å². The molecule has 0 unspecified atom stereocenters. The summed E-state index contributed by atoms with van der Waals surface area (Å²) >= 11 is 0. The molecule has 1 saturated carbocycles. The van der Waals surface area contributed by atoms with Gasteiger partial charge in [0.2, 0.25) is 11.8 Å². The maximum Gasteiger partial charge on any atom is 0.240 e. The predicted molar refractivity (Wildman–Crippen MR) is 76.2 cm³/mol. The van der Waals surface area contributed by atoms with E-state index in [0.29, 0.717) is 10.6 Å². The summed E-state index contributed by atoms with van der Waals surface area (Å²) < 4.78 is 12.1. The summed E-state index contributed by atoms with van der Waals surface area (Å²) in [5, 5.41) is 2.64. The summed E-state index contributed by atoms with van der Waals surface area (Å²) in [7, 11) is -1.19. The van der Waals surface area contributed by atoms with Crippen molar-refractivity contribution in [2.24, 2.45) is 11.7 Å². The normalized spacial score (nSPS) is 17.2. The molecular formula is C14H18N2O3S. The number of amides is 2. The van der Waals surface area contributed by atoms with Crippen LogP contribution in [-0.2, 0) is 20.4 Å². The Hall–Kier alpha value is -1.69. The lowest BCUT2D eigenvalue weighted by Crippen LogP contribution is -2.45. The third-order valence-corrected chi connectivity index (χ3v) is 4.61. The summed E-state index contributed by atoms with van der Waals surface area (Å²) in [6, 6.07) is 8.29. The lowest BCUT2D eigenvalue weighted by Gasteiger charge is -2.15. The van der Waals surface area contributed by atoms with Crippen LogP contribution < -0.4 is 11.1 Å². The zero-order valence-corrected chi connectivity index (χ0v) is 11.9. The molecule has 0 aromatic heterocycles. The van der Waals surface area contributed by atoms with Gasteiger partial charge < -0.3 is 11.1 Å². The van der Waals surface area contributed by atoms with Gasteiger partial charge in [0.15, 0.2) is 0 Å². The van der Waals surface area contributed by atoms with Crippen molar-refractivity contribution < 1.29 is 13.8 Å². The molecule has 1 fully saturated rings. The second kappa shape index (κ2) is 6.65. The number of primary amides is 1. The molecule has 0 spiro atoms. The number of carbonyl (C=O) groups is 2. The molecule has 20 heavy (non-hydrogen) atoms. The van der Waals surface area contributed by atoms with E-state index in [1.165, 1.54) is 0 Å². The van der Waals surface area contributed by atoms with Gasteiger partial charge in [-0.25, -0.2) is 0 Å². The molecule has 0 heterocycles. The monoisotopic (exact) mass is 294 g/mol. The Balaban J connectivity index is 1.87. The molecule has 0 saturated heterocycles. The van der Waals surface area contributed by atoms with Crippen LogP contribution in [0.1, 0.15) is 19.3 Å². The molecule has 108 valence electrons. The zero-order chi connectivity index (χ0) is 14.5. The number of nitrogens with two attached hydrogens (primary N) is 1. The van der Waals surface area contributed by atoms with E-state index in [1.807, 2.05) is 18.2 Å². The van der Waals surface area contributed by atoms with Gasteiger partial charge >= 0.3 is 0 Å². The minimum atomic E-state index is -1.19. The van der Waals surface area contributed by atoms with Gasteiger partial charge in [-0.15, -0.1) is 0 Å². The van der Waals surface area contributed by atoms with Crippen molar-refractivity contribution in [2.75, 3.05) is 5.75 Å². The van der Waals surface area contributed by atoms with Gasteiger partial charge in [0.25, 0.3) is 0 Å². The molecule has 2 rings (SSSR count). The second-order valence-corrected chi connectivity index (χ2v) is 6.46. The number of hydrogen-bond acceptors (Lipinski definition) is 3. The summed E-state index contributed by atoms with van der Waals surface area (Å²) in [6.07, 6.45) is 2.02. The first-order chi connectivity index (χ1) is 9.58. The lowest BCUT2D eigenvalue weighted by molar-refractivity contribution is -0.128. The molecule has 2 atom stereocenters. The third kappa shape index (κ3) is 4.16. The fourth-order valence-electron chi connectivity index (χ4n) is 1.84. The SMILES string of the molecule is NC(=O)[C@@H](CC[S@@](=O)c1ccccc1)NC(=O)C1CC1. The van der Waals surface area contributed by atoms with Crippen molar-refractivity contribution in [3.8, 4) is 0 Å². The van der Waals surface area contributed by atoms with E-state index in [4.69, 9.17) is 5.73 Å². The van der Waals surface area contributed by atoms with E-state index in [9.17, 15) is 13.8 Å². The smallest absolute Gasteiger partial charge is 0.240 e. The molecule has 5 nitrogen and oxygen atoms in total. The Labute approximate surface area is 120 Å². The van der Waals surface area contributed by atoms with Crippen molar-refractivity contribution in [3.63, 3.8) is 0 Å². The molecular weight excluding hydrogens is 276 g/mol. The van der Waals surface area contributed by atoms with Crippen LogP contribution in [0.2, 0.25) is 0 Å². The molecule has 2 amide bonds. The Kier molecular flexibility index (Phi) is 4.89. The first-order valence-corrected chi connectivity index (χ1v) is 7.93. The topological polar surface area (TPSA) is 89.3 Å². The van der Waals surface area contributed by atoms with Crippen molar-refractivity contribution in [1.29, 1.82) is 0 Å². The first kappa shape index (κ1) is 14.7. The largest absolute Gasteiger partial charge is 0.368 e. The summed E-state index contributed by atoms with van der Waals surface area (Å²) in [5.41, 5.74) is 5.28. The van der Waals surface area contributed by atoms with Crippen LogP contribution in [0.15, 0.2) is 35.2 Å². The quantitative estimate of drug-likeness (QED) is 0.770. The Bertz CT molecular complexity index is 514. The van der Waals surface area contributed by atoms with Crippen LogP contribution in [0.4, 0.5) is 0 Å². The fourth-order valence-corrected chi connectivity index (χ4v) is 2.98. The molecule has 3 N–H and O–H groups in total. The van der Waals surface area contributed by atoms with Gasteiger partial charge in [0.1, 0.15) is 6.04 Å². The Morgan fingerprint density at radius 1 is 1.30 bits per heavy atom. The maximum atomic E-state index is 12.1. The number of carbonyl (C=O) groups excluding carboxylic acids is 2. The van der Waals surface area contributed by atoms with Crippen LogP contribution in [-0.4, -0.2) is 27.8 Å². The van der Waals surface area contributed by atoms with Crippen molar-refractivity contribution in [2.45, 2.75) is 30.2 Å². The van der Waals surface area contributed by atoms with Gasteiger partial charge in [-0.3, -0.25) is 13.8 Å². The molecule has 1 aromatic rings. The van der Waals surface area contributed by atoms with Crippen LogP contribution in [0.25, 0.3) is 0 Å². The minimum absolute atomic E-state index is 0.0245. The first-order valence-electron chi connectivity index (χ1n) is 6.61. The standard InChI is InChI=1S/C14H18N2O3S/c15-13(17)12(16-14(18)10-6-7-10)8-9-20(19)11-4-2-1-3-5-11/h1-5,10,12H,6-9H2,(H2,15,17)(H,16,18)/t12-,20-/m1/s1. The van der Waals surface area contributed by atoms with Gasteiger partial charge in [-0.1, -0.05) is 18.2 Å². The van der Waals surface area contributed by atoms with Gasteiger partial charge in [-0.2, -0.15) is 0 Å². The lowest BCUT2D eigenvalue weighted by atomic mass is 10.2. The van der Waals surface area contributed by atoms with E-state index < -0.39 is 22.7 Å². The Morgan fingerprint density at radius 2 is 1.95 bits per heavy atom. The van der Waals surface area contributed by atoms with Crippen LogP contribution in [0.3, 0.4) is 0 Å². The van der Waals surface area contributed by atoms with E-state index in [1.54, 1.807) is 12.1 Å². The maximum absolute atomic E-state index is 12.1. The fraction of sp³-hybridized carbons (Fsp3) is 0.429. The van der Waals surface area contributed by atoms with Crippen LogP contribution >= 0.6 is 0 Å². The van der Waals surface area contributed by atoms with E-state index in [-0.39, 0.29) is 18.2 Å². The average Bonchev–Trinajstić information content (AvgIpc) is 3.28. The Morgan fingerprint density at radius 3 is 2.50 bits per heavy atom.